The lowest BCUT2D eigenvalue weighted by Gasteiger charge is -2.03. The van der Waals surface area contributed by atoms with Gasteiger partial charge in [0, 0.05) is 12.4 Å². The number of aromatic nitrogens is 1. The molecule has 1 aromatic heterocycles. The summed E-state index contributed by atoms with van der Waals surface area (Å²) in [6.45, 7) is 4.60. The van der Waals surface area contributed by atoms with Gasteiger partial charge >= 0.3 is 11.9 Å². The summed E-state index contributed by atoms with van der Waals surface area (Å²) in [6, 6.07) is 3.78. The smallest absolute Gasteiger partial charge is 0.317 e. The molecule has 0 aliphatic carbocycles. The quantitative estimate of drug-likeness (QED) is 0.472. The predicted molar refractivity (Wildman–Crippen MR) is 76.4 cm³/mol. The molecule has 5 nitrogen and oxygen atoms in total. The van der Waals surface area contributed by atoms with Crippen LogP contribution in [0, 0.1) is 0 Å². The Morgan fingerprint density at radius 1 is 1.30 bits per heavy atom. The second-order valence-corrected chi connectivity index (χ2v) is 4.26. The lowest BCUT2D eigenvalue weighted by molar-refractivity contribution is -0.151. The first-order valence-electron chi connectivity index (χ1n) is 6.86. The summed E-state index contributed by atoms with van der Waals surface area (Å²) in [4.78, 5) is 25.0. The number of aliphatic carboxylic acids is 1. The Bertz CT molecular complexity index is 377. The van der Waals surface area contributed by atoms with Crippen molar-refractivity contribution >= 4 is 11.9 Å². The summed E-state index contributed by atoms with van der Waals surface area (Å²) in [5.41, 5.74) is 1.07. The monoisotopic (exact) mass is 281 g/mol. The molecule has 1 rings (SSSR count). The van der Waals surface area contributed by atoms with Gasteiger partial charge in [-0.15, -0.1) is 0 Å². The van der Waals surface area contributed by atoms with E-state index in [1.165, 1.54) is 12.8 Å². The first-order valence-corrected chi connectivity index (χ1v) is 6.86. The van der Waals surface area contributed by atoms with Crippen LogP contribution in [0.25, 0.3) is 0 Å². The average molecular weight is 281 g/mol. The molecular weight excluding hydrogens is 258 g/mol. The van der Waals surface area contributed by atoms with Gasteiger partial charge in [-0.3, -0.25) is 14.6 Å². The molecule has 0 atom stereocenters. The number of ether oxygens (including phenoxy) is 1. The highest BCUT2D eigenvalue weighted by Gasteiger charge is 2.07. The van der Waals surface area contributed by atoms with Crippen molar-refractivity contribution in [1.29, 1.82) is 0 Å². The number of rotatable bonds is 7. The number of hydrogen-bond acceptors (Lipinski definition) is 4. The number of unbranched alkanes of at least 4 members (excludes halogenated alkanes) is 1. The molecule has 0 aliphatic rings. The molecule has 0 aromatic carbocycles. The number of carbonyl (C=O) groups is 2. The molecule has 1 N–H and O–H groups in total. The third-order valence-corrected chi connectivity index (χ3v) is 2.39. The topological polar surface area (TPSA) is 76.5 Å². The van der Waals surface area contributed by atoms with E-state index in [0.717, 1.165) is 12.0 Å². The average Bonchev–Trinajstić information content (AvgIpc) is 2.44. The summed E-state index contributed by atoms with van der Waals surface area (Å²) in [6.07, 6.45) is 6.92. The number of nitrogens with zero attached hydrogens (tertiary/aromatic N) is 1. The van der Waals surface area contributed by atoms with Crippen LogP contribution in [0.1, 0.15) is 45.1 Å². The first-order chi connectivity index (χ1) is 9.60. The number of hydrogen-bond donors (Lipinski definition) is 1. The molecule has 0 saturated carbocycles. The van der Waals surface area contributed by atoms with Crippen LogP contribution in [0.5, 0.6) is 0 Å². The third-order valence-electron chi connectivity index (χ3n) is 2.39. The highest BCUT2D eigenvalue weighted by molar-refractivity contribution is 5.90. The van der Waals surface area contributed by atoms with Gasteiger partial charge in [0.15, 0.2) is 0 Å². The molecular formula is C15H23NO4. The van der Waals surface area contributed by atoms with Crippen LogP contribution >= 0.6 is 0 Å². The van der Waals surface area contributed by atoms with Gasteiger partial charge in [-0.1, -0.05) is 32.8 Å². The normalized spacial score (nSPS) is 9.30. The number of carbonyl (C=O) groups excluding carboxylic acids is 1. The van der Waals surface area contributed by atoms with Crippen LogP contribution in [0.3, 0.4) is 0 Å². The zero-order valence-electron chi connectivity index (χ0n) is 12.2. The van der Waals surface area contributed by atoms with Crippen molar-refractivity contribution in [2.75, 3.05) is 6.61 Å². The summed E-state index contributed by atoms with van der Waals surface area (Å²) in [5.74, 6) is -1.86. The van der Waals surface area contributed by atoms with Gasteiger partial charge in [-0.2, -0.15) is 0 Å². The number of esters is 1. The van der Waals surface area contributed by atoms with Crippen molar-refractivity contribution < 1.29 is 19.4 Å². The summed E-state index contributed by atoms with van der Waals surface area (Å²) >= 11 is 0. The maximum absolute atomic E-state index is 10.8. The van der Waals surface area contributed by atoms with E-state index in [9.17, 15) is 9.59 Å². The van der Waals surface area contributed by atoms with E-state index in [0.29, 0.717) is 6.42 Å². The fourth-order valence-corrected chi connectivity index (χ4v) is 1.18. The molecule has 0 amide bonds. The predicted octanol–water partition coefficient (Wildman–Crippen LogP) is 2.84. The fourth-order valence-electron chi connectivity index (χ4n) is 1.18. The maximum atomic E-state index is 10.8. The van der Waals surface area contributed by atoms with Crippen molar-refractivity contribution in [3.63, 3.8) is 0 Å². The molecule has 0 saturated heterocycles. The summed E-state index contributed by atoms with van der Waals surface area (Å²) < 4.78 is 4.73. The molecule has 1 aromatic rings. The lowest BCUT2D eigenvalue weighted by atomic mass is 10.2. The van der Waals surface area contributed by atoms with Crippen LogP contribution in [-0.2, 0) is 20.7 Å². The Morgan fingerprint density at radius 3 is 2.50 bits per heavy atom. The molecule has 20 heavy (non-hydrogen) atoms. The minimum Gasteiger partial charge on any atom is -0.481 e. The zero-order valence-corrected chi connectivity index (χ0v) is 12.2. The van der Waals surface area contributed by atoms with Gasteiger partial charge in [-0.25, -0.2) is 0 Å². The summed E-state index contributed by atoms with van der Waals surface area (Å²) in [7, 11) is 0. The van der Waals surface area contributed by atoms with Crippen molar-refractivity contribution in [3.05, 3.63) is 30.1 Å². The third kappa shape index (κ3) is 11.2. The molecule has 0 fully saturated rings. The van der Waals surface area contributed by atoms with Crippen LogP contribution in [0.2, 0.25) is 0 Å². The SMILES string of the molecule is CCCC.O=C(O)CC(=O)OCCCc1cccnc1. The number of carboxylic acids is 1. The molecule has 0 aliphatic heterocycles. The van der Waals surface area contributed by atoms with Crippen LogP contribution in [0.15, 0.2) is 24.5 Å². The van der Waals surface area contributed by atoms with Crippen molar-refractivity contribution in [3.8, 4) is 0 Å². The Morgan fingerprint density at radius 2 is 2.00 bits per heavy atom. The van der Waals surface area contributed by atoms with Crippen LogP contribution in [-0.4, -0.2) is 28.6 Å². The standard InChI is InChI=1S/C11H13NO4.C4H10/c13-10(14)7-11(15)16-6-2-4-9-3-1-5-12-8-9;1-3-4-2/h1,3,5,8H,2,4,6-7H2,(H,13,14);3-4H2,1-2H3. The second-order valence-electron chi connectivity index (χ2n) is 4.26. The maximum Gasteiger partial charge on any atom is 0.317 e. The van der Waals surface area contributed by atoms with Crippen LogP contribution < -0.4 is 0 Å². The number of carboxylic acid groups (broad SMARTS) is 1. The van der Waals surface area contributed by atoms with E-state index >= 15 is 0 Å². The van der Waals surface area contributed by atoms with E-state index in [1.807, 2.05) is 12.1 Å². The van der Waals surface area contributed by atoms with Gasteiger partial charge in [0.2, 0.25) is 0 Å². The van der Waals surface area contributed by atoms with E-state index in [-0.39, 0.29) is 6.61 Å². The van der Waals surface area contributed by atoms with E-state index in [1.54, 1.807) is 12.4 Å². The van der Waals surface area contributed by atoms with Gasteiger partial charge in [-0.05, 0) is 24.5 Å². The number of pyridine rings is 1. The molecule has 5 heteroatoms. The van der Waals surface area contributed by atoms with Crippen molar-refractivity contribution in [2.45, 2.75) is 46.0 Å². The summed E-state index contributed by atoms with van der Waals surface area (Å²) in [5, 5.41) is 8.31. The van der Waals surface area contributed by atoms with Crippen LogP contribution in [0.4, 0.5) is 0 Å². The highest BCUT2D eigenvalue weighted by atomic mass is 16.5. The molecule has 1 heterocycles. The highest BCUT2D eigenvalue weighted by Crippen LogP contribution is 2.00. The molecule has 0 unspecified atom stereocenters. The molecule has 112 valence electrons. The Balaban J connectivity index is 0.000000796. The van der Waals surface area contributed by atoms with E-state index in [4.69, 9.17) is 9.84 Å². The Labute approximate surface area is 120 Å². The van der Waals surface area contributed by atoms with Crippen molar-refractivity contribution in [2.24, 2.45) is 0 Å². The molecule has 0 bridgehead atoms. The Hall–Kier alpha value is -1.91. The first kappa shape index (κ1) is 18.1. The Kier molecular flexibility index (Phi) is 11.0. The number of aryl methyl sites for hydroxylation is 1. The van der Waals surface area contributed by atoms with Gasteiger partial charge in [0.05, 0.1) is 6.61 Å². The molecule has 0 radical (unpaired) electrons. The minimum atomic E-state index is -1.17. The van der Waals surface area contributed by atoms with E-state index < -0.39 is 18.4 Å². The minimum absolute atomic E-state index is 0.237. The second kappa shape index (κ2) is 12.1. The van der Waals surface area contributed by atoms with Gasteiger partial charge < -0.3 is 9.84 Å². The molecule has 0 spiro atoms. The largest absolute Gasteiger partial charge is 0.481 e. The van der Waals surface area contributed by atoms with E-state index in [2.05, 4.69) is 18.8 Å². The van der Waals surface area contributed by atoms with Gasteiger partial charge in [0.1, 0.15) is 6.42 Å². The van der Waals surface area contributed by atoms with Gasteiger partial charge in [0.25, 0.3) is 0 Å². The zero-order chi connectivity index (χ0) is 15.2. The fraction of sp³-hybridized carbons (Fsp3) is 0.533. The van der Waals surface area contributed by atoms with Crippen molar-refractivity contribution in [1.82, 2.24) is 4.98 Å². The lowest BCUT2D eigenvalue weighted by Crippen LogP contribution is -2.11.